The van der Waals surface area contributed by atoms with Crippen molar-refractivity contribution >= 4 is 23.5 Å². The number of amides is 1. The molecule has 1 aliphatic heterocycles. The lowest BCUT2D eigenvalue weighted by Gasteiger charge is -2.25. The van der Waals surface area contributed by atoms with Crippen LogP contribution in [0.3, 0.4) is 0 Å². The van der Waals surface area contributed by atoms with Crippen LogP contribution in [0, 0.1) is 11.2 Å². The van der Waals surface area contributed by atoms with Gasteiger partial charge in [0.15, 0.2) is 0 Å². The minimum Gasteiger partial charge on any atom is -0.461 e. The zero-order valence-corrected chi connectivity index (χ0v) is 20.1. The average Bonchev–Trinajstić information content (AvgIpc) is 3.08. The number of carbonyl (C=O) groups excluding carboxylic acids is 2. The van der Waals surface area contributed by atoms with Crippen LogP contribution < -0.4 is 5.32 Å². The van der Waals surface area contributed by atoms with Crippen LogP contribution in [0.1, 0.15) is 65.7 Å². The lowest BCUT2D eigenvalue weighted by molar-refractivity contribution is 0.0299. The van der Waals surface area contributed by atoms with E-state index < -0.39 is 17.2 Å². The van der Waals surface area contributed by atoms with Crippen molar-refractivity contribution in [1.29, 1.82) is 0 Å². The number of nitrogens with one attached hydrogen (secondary N) is 1. The highest BCUT2D eigenvalue weighted by atomic mass is 35.5. The van der Waals surface area contributed by atoms with Gasteiger partial charge in [0.2, 0.25) is 0 Å². The van der Waals surface area contributed by atoms with E-state index in [1.807, 2.05) is 25.5 Å². The smallest absolute Gasteiger partial charge is 0.342 e. The number of carbonyl (C=O) groups is 2. The van der Waals surface area contributed by atoms with Crippen molar-refractivity contribution in [2.75, 3.05) is 26.4 Å². The summed E-state index contributed by atoms with van der Waals surface area (Å²) in [6.07, 6.45) is 2.81. The quantitative estimate of drug-likeness (QED) is 0.628. The molecule has 0 unspecified atom stereocenters. The van der Waals surface area contributed by atoms with Crippen molar-refractivity contribution in [3.63, 3.8) is 0 Å². The number of halogens is 2. The van der Waals surface area contributed by atoms with Crippen molar-refractivity contribution in [3.8, 4) is 0 Å². The second-order valence-electron chi connectivity index (χ2n) is 8.94. The third-order valence-electron chi connectivity index (χ3n) is 5.48. The average molecular weight is 480 g/mol. The zero-order valence-electron chi connectivity index (χ0n) is 19.4. The molecule has 1 aromatic heterocycles. The van der Waals surface area contributed by atoms with Gasteiger partial charge in [0.05, 0.1) is 28.6 Å². The van der Waals surface area contributed by atoms with E-state index >= 15 is 0 Å². The van der Waals surface area contributed by atoms with Crippen LogP contribution in [0.15, 0.2) is 18.2 Å². The molecule has 0 saturated carbocycles. The topological polar surface area (TPSA) is 82.5 Å². The maximum Gasteiger partial charge on any atom is 0.342 e. The number of hydrogen-bond acceptors (Lipinski definition) is 5. The molecule has 0 saturated heterocycles. The Hall–Kier alpha value is -2.45. The van der Waals surface area contributed by atoms with E-state index in [-0.39, 0.29) is 23.1 Å². The summed E-state index contributed by atoms with van der Waals surface area (Å²) in [6.45, 7) is 8.06. The van der Waals surface area contributed by atoms with Gasteiger partial charge >= 0.3 is 5.97 Å². The predicted octanol–water partition coefficient (Wildman–Crippen LogP) is 4.20. The lowest BCUT2D eigenvalue weighted by atomic mass is 9.94. The normalized spacial score (nSPS) is 15.4. The number of fused-ring (bicyclic) bond motifs is 1. The van der Waals surface area contributed by atoms with Gasteiger partial charge in [0.1, 0.15) is 11.4 Å². The molecule has 0 aliphatic carbocycles. The van der Waals surface area contributed by atoms with Gasteiger partial charge in [-0.05, 0) is 37.8 Å². The highest BCUT2D eigenvalue weighted by Gasteiger charge is 2.29. The van der Waals surface area contributed by atoms with Crippen molar-refractivity contribution in [3.05, 3.63) is 51.6 Å². The monoisotopic (exact) mass is 479 g/mol. The van der Waals surface area contributed by atoms with Crippen LogP contribution in [-0.4, -0.2) is 48.0 Å². The first-order valence-electron chi connectivity index (χ1n) is 11.3. The summed E-state index contributed by atoms with van der Waals surface area (Å²) in [7, 11) is 0. The molecule has 1 aliphatic rings. The van der Waals surface area contributed by atoms with Crippen molar-refractivity contribution < 1.29 is 23.5 Å². The highest BCUT2D eigenvalue weighted by Crippen LogP contribution is 2.26. The van der Waals surface area contributed by atoms with E-state index in [0.717, 1.165) is 24.2 Å². The van der Waals surface area contributed by atoms with Gasteiger partial charge in [-0.15, -0.1) is 0 Å². The van der Waals surface area contributed by atoms with Gasteiger partial charge in [-0.25, -0.2) is 9.18 Å². The SMILES string of the molecule is CCc1nn(CC(C)(C)COC(=O)c2c(F)cccc2Cl)c2c1C(=O)NCCCOCCC2. The molecule has 0 atom stereocenters. The Balaban J connectivity index is 1.79. The Morgan fingerprint density at radius 1 is 1.33 bits per heavy atom. The maximum atomic E-state index is 14.0. The number of aryl methyl sites for hydroxylation is 1. The third kappa shape index (κ3) is 6.32. The molecule has 3 rings (SSSR count). The fourth-order valence-electron chi connectivity index (χ4n) is 3.83. The first-order valence-corrected chi connectivity index (χ1v) is 11.7. The molecule has 1 aromatic carbocycles. The van der Waals surface area contributed by atoms with Crippen LogP contribution in [0.2, 0.25) is 5.02 Å². The summed E-state index contributed by atoms with van der Waals surface area (Å²) < 4.78 is 26.9. The van der Waals surface area contributed by atoms with Gasteiger partial charge in [0, 0.05) is 31.7 Å². The second-order valence-corrected chi connectivity index (χ2v) is 9.35. The van der Waals surface area contributed by atoms with Crippen LogP contribution in [0.4, 0.5) is 4.39 Å². The number of ether oxygens (including phenoxy) is 2. The van der Waals surface area contributed by atoms with Crippen LogP contribution >= 0.6 is 11.6 Å². The molecule has 7 nitrogen and oxygen atoms in total. The molecule has 2 heterocycles. The largest absolute Gasteiger partial charge is 0.461 e. The van der Waals surface area contributed by atoms with Crippen molar-refractivity contribution in [2.45, 2.75) is 53.0 Å². The minimum absolute atomic E-state index is 0.00925. The van der Waals surface area contributed by atoms with Gasteiger partial charge < -0.3 is 14.8 Å². The Bertz CT molecular complexity index is 986. The van der Waals surface area contributed by atoms with Gasteiger partial charge in [-0.2, -0.15) is 5.10 Å². The van der Waals surface area contributed by atoms with Crippen molar-refractivity contribution in [1.82, 2.24) is 15.1 Å². The summed E-state index contributed by atoms with van der Waals surface area (Å²) in [5.41, 5.74) is 1.43. The Morgan fingerprint density at radius 2 is 2.09 bits per heavy atom. The van der Waals surface area contributed by atoms with E-state index in [0.29, 0.717) is 44.7 Å². The zero-order chi connectivity index (χ0) is 24.0. The number of hydrogen-bond donors (Lipinski definition) is 1. The molecule has 0 spiro atoms. The summed E-state index contributed by atoms with van der Waals surface area (Å²) in [6, 6.07) is 4.05. The molecule has 1 amide bonds. The van der Waals surface area contributed by atoms with E-state index in [1.165, 1.54) is 18.2 Å². The summed E-state index contributed by atoms with van der Waals surface area (Å²) in [5.74, 6) is -1.65. The molecule has 9 heteroatoms. The number of nitrogens with zero attached hydrogens (tertiary/aromatic N) is 2. The molecule has 2 aromatic rings. The standard InChI is InChI=1S/C24H31ClFN3O4/c1-4-18-21-19(10-6-12-32-13-7-11-27-22(21)30)29(28-18)14-24(2,3)15-33-23(31)20-16(25)8-5-9-17(20)26/h5,8-9H,4,6-7,10-15H2,1-3H3,(H,27,30). The number of benzene rings is 1. The fourth-order valence-corrected chi connectivity index (χ4v) is 4.07. The number of esters is 1. The fraction of sp³-hybridized carbons (Fsp3) is 0.542. The van der Waals surface area contributed by atoms with Gasteiger partial charge in [-0.3, -0.25) is 9.48 Å². The molecule has 0 bridgehead atoms. The van der Waals surface area contributed by atoms with Crippen LogP contribution in [0.25, 0.3) is 0 Å². The molecule has 0 radical (unpaired) electrons. The summed E-state index contributed by atoms with van der Waals surface area (Å²) in [4.78, 5) is 25.4. The number of rotatable bonds is 6. The maximum absolute atomic E-state index is 14.0. The van der Waals surface area contributed by atoms with E-state index in [2.05, 4.69) is 5.32 Å². The molecule has 0 fully saturated rings. The third-order valence-corrected chi connectivity index (χ3v) is 5.80. The molecule has 1 N–H and O–H groups in total. The van der Waals surface area contributed by atoms with Gasteiger partial charge in [-0.1, -0.05) is 38.4 Å². The van der Waals surface area contributed by atoms with E-state index in [1.54, 1.807) is 0 Å². The molecule has 180 valence electrons. The Morgan fingerprint density at radius 3 is 2.82 bits per heavy atom. The van der Waals surface area contributed by atoms with Crippen molar-refractivity contribution in [2.24, 2.45) is 5.41 Å². The van der Waals surface area contributed by atoms with E-state index in [9.17, 15) is 14.0 Å². The summed E-state index contributed by atoms with van der Waals surface area (Å²) in [5, 5.41) is 7.70. The minimum atomic E-state index is -0.809. The van der Waals surface area contributed by atoms with E-state index in [4.69, 9.17) is 26.2 Å². The summed E-state index contributed by atoms with van der Waals surface area (Å²) >= 11 is 5.98. The molecular formula is C24H31ClFN3O4. The highest BCUT2D eigenvalue weighted by molar-refractivity contribution is 6.33. The second kappa shape index (κ2) is 11.1. The predicted molar refractivity (Wildman–Crippen MR) is 123 cm³/mol. The Kier molecular flexibility index (Phi) is 8.48. The van der Waals surface area contributed by atoms with Crippen LogP contribution in [0.5, 0.6) is 0 Å². The van der Waals surface area contributed by atoms with Gasteiger partial charge in [0.25, 0.3) is 5.91 Å². The first-order chi connectivity index (χ1) is 15.7. The Labute approximate surface area is 198 Å². The lowest BCUT2D eigenvalue weighted by Crippen LogP contribution is -2.29. The first kappa shape index (κ1) is 25.2. The number of aromatic nitrogens is 2. The van der Waals surface area contributed by atoms with Crippen LogP contribution in [-0.2, 0) is 28.9 Å². The molecular weight excluding hydrogens is 449 g/mol. The molecule has 33 heavy (non-hydrogen) atoms.